The third kappa shape index (κ3) is 5.16. The fourth-order valence-electron chi connectivity index (χ4n) is 3.36. The monoisotopic (exact) mass is 468 g/mol. The molecule has 31 heavy (non-hydrogen) atoms. The highest BCUT2D eigenvalue weighted by Gasteiger charge is 2.32. The first-order chi connectivity index (χ1) is 14.6. The summed E-state index contributed by atoms with van der Waals surface area (Å²) >= 11 is 6.07. The minimum absolute atomic E-state index is 0.187. The van der Waals surface area contributed by atoms with Crippen molar-refractivity contribution in [3.05, 3.63) is 47.0 Å². The Morgan fingerprint density at radius 1 is 1.13 bits per heavy atom. The molecule has 2 aromatic rings. The SMILES string of the molecule is COc1ccc(Cl)cc1N([C@H](C)C(=O)N[C@H](C)c1ccc2c(c1)OCCO2)S(C)(=O)=O. The highest BCUT2D eigenvalue weighted by atomic mass is 35.5. The molecule has 0 aliphatic carbocycles. The summed E-state index contributed by atoms with van der Waals surface area (Å²) in [5.74, 6) is 1.07. The number of ether oxygens (including phenoxy) is 3. The molecule has 0 saturated carbocycles. The molecule has 168 valence electrons. The van der Waals surface area contributed by atoms with Gasteiger partial charge in [0.2, 0.25) is 15.9 Å². The molecule has 0 aromatic heterocycles. The van der Waals surface area contributed by atoms with Gasteiger partial charge in [-0.05, 0) is 49.7 Å². The Morgan fingerprint density at radius 2 is 1.81 bits per heavy atom. The number of carbonyl (C=O) groups excluding carboxylic acids is 1. The second-order valence-corrected chi connectivity index (χ2v) is 9.48. The molecule has 1 aliphatic heterocycles. The summed E-state index contributed by atoms with van der Waals surface area (Å²) in [6.07, 6.45) is 1.03. The maximum Gasteiger partial charge on any atom is 0.244 e. The third-order valence-corrected chi connectivity index (χ3v) is 6.35. The fraction of sp³-hybridized carbons (Fsp3) is 0.381. The number of benzene rings is 2. The van der Waals surface area contributed by atoms with E-state index in [0.29, 0.717) is 29.7 Å². The van der Waals surface area contributed by atoms with Gasteiger partial charge in [0, 0.05) is 5.02 Å². The minimum Gasteiger partial charge on any atom is -0.495 e. The lowest BCUT2D eigenvalue weighted by Crippen LogP contribution is -2.48. The van der Waals surface area contributed by atoms with Crippen LogP contribution >= 0.6 is 11.6 Å². The van der Waals surface area contributed by atoms with E-state index in [1.165, 1.54) is 20.1 Å². The van der Waals surface area contributed by atoms with E-state index in [1.807, 2.05) is 6.07 Å². The van der Waals surface area contributed by atoms with Crippen molar-refractivity contribution in [2.24, 2.45) is 0 Å². The van der Waals surface area contributed by atoms with Crippen LogP contribution in [0.3, 0.4) is 0 Å². The van der Waals surface area contributed by atoms with Crippen molar-refractivity contribution in [1.82, 2.24) is 5.32 Å². The van der Waals surface area contributed by atoms with Crippen LogP contribution in [0.2, 0.25) is 5.02 Å². The van der Waals surface area contributed by atoms with Crippen LogP contribution in [-0.4, -0.2) is 46.9 Å². The van der Waals surface area contributed by atoms with Crippen molar-refractivity contribution < 1.29 is 27.4 Å². The van der Waals surface area contributed by atoms with Crippen LogP contribution in [0.4, 0.5) is 5.69 Å². The number of methoxy groups -OCH3 is 1. The highest BCUT2D eigenvalue weighted by molar-refractivity contribution is 7.92. The predicted molar refractivity (Wildman–Crippen MR) is 119 cm³/mol. The molecule has 0 unspecified atom stereocenters. The topological polar surface area (TPSA) is 94.2 Å². The number of sulfonamides is 1. The van der Waals surface area contributed by atoms with Crippen LogP contribution in [0.5, 0.6) is 17.2 Å². The molecule has 0 fully saturated rings. The Bertz CT molecular complexity index is 1080. The van der Waals surface area contributed by atoms with E-state index in [0.717, 1.165) is 16.1 Å². The molecule has 1 N–H and O–H groups in total. The van der Waals surface area contributed by atoms with Crippen LogP contribution < -0.4 is 23.8 Å². The largest absolute Gasteiger partial charge is 0.495 e. The summed E-state index contributed by atoms with van der Waals surface area (Å²) in [4.78, 5) is 13.0. The summed E-state index contributed by atoms with van der Waals surface area (Å²) in [6.45, 7) is 4.26. The second kappa shape index (κ2) is 9.23. The number of hydrogen-bond donors (Lipinski definition) is 1. The Balaban J connectivity index is 1.85. The number of hydrogen-bond acceptors (Lipinski definition) is 6. The number of carbonyl (C=O) groups is 1. The Labute approximate surface area is 187 Å². The molecule has 0 bridgehead atoms. The molecular weight excluding hydrogens is 444 g/mol. The molecule has 3 rings (SSSR count). The quantitative estimate of drug-likeness (QED) is 0.670. The smallest absolute Gasteiger partial charge is 0.244 e. The average Bonchev–Trinajstić information content (AvgIpc) is 2.72. The van der Waals surface area contributed by atoms with Crippen LogP contribution in [-0.2, 0) is 14.8 Å². The molecule has 2 atom stereocenters. The number of nitrogens with zero attached hydrogens (tertiary/aromatic N) is 1. The zero-order valence-electron chi connectivity index (χ0n) is 17.7. The van der Waals surface area contributed by atoms with Crippen molar-refractivity contribution in [2.45, 2.75) is 25.9 Å². The van der Waals surface area contributed by atoms with Gasteiger partial charge in [0.05, 0.1) is 25.1 Å². The van der Waals surface area contributed by atoms with Gasteiger partial charge in [-0.2, -0.15) is 0 Å². The van der Waals surface area contributed by atoms with Gasteiger partial charge in [-0.25, -0.2) is 8.42 Å². The average molecular weight is 469 g/mol. The van der Waals surface area contributed by atoms with Gasteiger partial charge in [-0.15, -0.1) is 0 Å². The summed E-state index contributed by atoms with van der Waals surface area (Å²) in [6, 6.07) is 8.56. The summed E-state index contributed by atoms with van der Waals surface area (Å²) in [5, 5.41) is 3.18. The Hall–Kier alpha value is -2.65. The molecule has 10 heteroatoms. The normalized spacial score (nSPS) is 15.0. The molecule has 2 aromatic carbocycles. The van der Waals surface area contributed by atoms with E-state index in [2.05, 4.69) is 5.32 Å². The van der Waals surface area contributed by atoms with Gasteiger partial charge in [0.25, 0.3) is 0 Å². The fourth-order valence-corrected chi connectivity index (χ4v) is 4.70. The number of amides is 1. The number of halogens is 1. The van der Waals surface area contributed by atoms with Crippen LogP contribution in [0.25, 0.3) is 0 Å². The molecular formula is C21H25ClN2O6S. The number of anilines is 1. The predicted octanol–water partition coefficient (Wildman–Crippen LogP) is 3.15. The van der Waals surface area contributed by atoms with Gasteiger partial charge in [-0.3, -0.25) is 9.10 Å². The van der Waals surface area contributed by atoms with Gasteiger partial charge in [0.15, 0.2) is 11.5 Å². The van der Waals surface area contributed by atoms with Crippen LogP contribution in [0.15, 0.2) is 36.4 Å². The third-order valence-electron chi connectivity index (χ3n) is 4.89. The van der Waals surface area contributed by atoms with Gasteiger partial charge in [0.1, 0.15) is 25.0 Å². The van der Waals surface area contributed by atoms with E-state index >= 15 is 0 Å². The summed E-state index contributed by atoms with van der Waals surface area (Å²) < 4.78 is 42.6. The first-order valence-corrected chi connectivity index (χ1v) is 11.9. The number of rotatable bonds is 7. The molecule has 0 saturated heterocycles. The van der Waals surface area contributed by atoms with Crippen molar-refractivity contribution >= 4 is 33.2 Å². The highest BCUT2D eigenvalue weighted by Crippen LogP contribution is 2.35. The number of nitrogens with one attached hydrogen (secondary N) is 1. The lowest BCUT2D eigenvalue weighted by Gasteiger charge is -2.30. The molecule has 1 heterocycles. The maximum atomic E-state index is 13.0. The van der Waals surface area contributed by atoms with Crippen molar-refractivity contribution in [1.29, 1.82) is 0 Å². The summed E-state index contributed by atoms with van der Waals surface area (Å²) in [7, 11) is -2.41. The first-order valence-electron chi connectivity index (χ1n) is 9.64. The molecule has 1 amide bonds. The van der Waals surface area contributed by atoms with Crippen LogP contribution in [0, 0.1) is 0 Å². The van der Waals surface area contributed by atoms with Gasteiger partial charge < -0.3 is 19.5 Å². The van der Waals surface area contributed by atoms with E-state index in [9.17, 15) is 13.2 Å². The second-order valence-electron chi connectivity index (χ2n) is 7.18. The van der Waals surface area contributed by atoms with E-state index in [-0.39, 0.29) is 11.4 Å². The summed E-state index contributed by atoms with van der Waals surface area (Å²) in [5.41, 5.74) is 0.989. The minimum atomic E-state index is -3.83. The molecule has 0 radical (unpaired) electrons. The van der Waals surface area contributed by atoms with Crippen LogP contribution in [0.1, 0.15) is 25.5 Å². The maximum absolute atomic E-state index is 13.0. The molecule has 1 aliphatic rings. The van der Waals surface area contributed by atoms with Gasteiger partial charge >= 0.3 is 0 Å². The van der Waals surface area contributed by atoms with E-state index in [4.69, 9.17) is 25.8 Å². The Morgan fingerprint density at radius 3 is 2.45 bits per heavy atom. The van der Waals surface area contributed by atoms with Crippen molar-refractivity contribution in [3.8, 4) is 17.2 Å². The number of fused-ring (bicyclic) bond motifs is 1. The van der Waals surface area contributed by atoms with E-state index < -0.39 is 28.0 Å². The van der Waals surface area contributed by atoms with E-state index in [1.54, 1.807) is 31.2 Å². The lowest BCUT2D eigenvalue weighted by atomic mass is 10.1. The standard InChI is InChI=1S/C21H25ClN2O6S/c1-13(15-5-7-19-20(11-15)30-10-9-29-19)23-21(25)14(2)24(31(4,26)27)17-12-16(22)6-8-18(17)28-3/h5-8,11-14H,9-10H2,1-4H3,(H,23,25)/t13-,14-/m1/s1. The zero-order valence-corrected chi connectivity index (χ0v) is 19.3. The van der Waals surface area contributed by atoms with Crippen molar-refractivity contribution in [2.75, 3.05) is 30.9 Å². The lowest BCUT2D eigenvalue weighted by molar-refractivity contribution is -0.122. The molecule has 8 nitrogen and oxygen atoms in total. The van der Waals surface area contributed by atoms with Crippen molar-refractivity contribution in [3.63, 3.8) is 0 Å². The Kier molecular flexibility index (Phi) is 6.86. The van der Waals surface area contributed by atoms with Gasteiger partial charge in [-0.1, -0.05) is 17.7 Å². The zero-order chi connectivity index (χ0) is 22.8. The molecule has 0 spiro atoms. The first kappa shape index (κ1) is 23.0.